The summed E-state index contributed by atoms with van der Waals surface area (Å²) in [5, 5.41) is 0. The van der Waals surface area contributed by atoms with Gasteiger partial charge < -0.3 is 5.73 Å². The largest absolute Gasteiger partial charge is 0.423 e. The topological polar surface area (TPSA) is 26.0 Å². The van der Waals surface area contributed by atoms with Gasteiger partial charge in [-0.3, -0.25) is 0 Å². The molecule has 5 heteroatoms. The molecule has 0 fully saturated rings. The molecule has 0 radical (unpaired) electrons. The lowest BCUT2D eigenvalue weighted by atomic mass is 10.0. The van der Waals surface area contributed by atoms with Crippen molar-refractivity contribution in [3.63, 3.8) is 0 Å². The van der Waals surface area contributed by atoms with E-state index < -0.39 is 12.3 Å². The fraction of sp³-hybridized carbons (Fsp3) is 0.455. The summed E-state index contributed by atoms with van der Waals surface area (Å²) in [6, 6.07) is 5.21. The van der Waals surface area contributed by atoms with E-state index in [-0.39, 0.29) is 11.6 Å². The molecule has 1 aromatic rings. The summed E-state index contributed by atoms with van der Waals surface area (Å²) in [4.78, 5) is 0. The van der Waals surface area contributed by atoms with Gasteiger partial charge in [-0.1, -0.05) is 24.3 Å². The van der Waals surface area contributed by atoms with Gasteiger partial charge in [0.25, 0.3) is 0 Å². The van der Waals surface area contributed by atoms with E-state index in [2.05, 4.69) is 0 Å². The monoisotopic (exact) mass is 235 g/mol. The molecule has 0 amide bonds. The average Bonchev–Trinajstić information content (AvgIpc) is 2.14. The van der Waals surface area contributed by atoms with E-state index in [0.717, 1.165) is 6.07 Å². The first kappa shape index (κ1) is 13.0. The number of hydrogen-bond donors (Lipinski definition) is 1. The lowest BCUT2D eigenvalue weighted by molar-refractivity contribution is -0.182. The minimum absolute atomic E-state index is 0.167. The van der Waals surface area contributed by atoms with Crippen LogP contribution in [0.25, 0.3) is 0 Å². The third kappa shape index (κ3) is 3.48. The molecular formula is C11H13F4N. The van der Waals surface area contributed by atoms with Crippen LogP contribution in [0.2, 0.25) is 0 Å². The van der Waals surface area contributed by atoms with Crippen LogP contribution < -0.4 is 5.73 Å². The Kier molecular flexibility index (Phi) is 3.91. The van der Waals surface area contributed by atoms with Gasteiger partial charge in [0.15, 0.2) is 0 Å². The molecule has 0 bridgehead atoms. The van der Waals surface area contributed by atoms with E-state index >= 15 is 0 Å². The molecule has 0 aromatic heterocycles. The van der Waals surface area contributed by atoms with Crippen molar-refractivity contribution < 1.29 is 17.6 Å². The molecule has 2 atom stereocenters. The minimum Gasteiger partial charge on any atom is -0.328 e. The van der Waals surface area contributed by atoms with Crippen LogP contribution in [0.3, 0.4) is 0 Å². The van der Waals surface area contributed by atoms with Gasteiger partial charge in [-0.25, -0.2) is 4.39 Å². The van der Waals surface area contributed by atoms with Crippen molar-refractivity contribution in [2.75, 3.05) is 0 Å². The molecule has 1 rings (SSSR count). The first-order chi connectivity index (χ1) is 7.30. The van der Waals surface area contributed by atoms with Crippen molar-refractivity contribution in [1.82, 2.24) is 0 Å². The van der Waals surface area contributed by atoms with Crippen LogP contribution in [0.1, 0.15) is 24.2 Å². The highest BCUT2D eigenvalue weighted by Crippen LogP contribution is 2.36. The van der Waals surface area contributed by atoms with Crippen molar-refractivity contribution in [3.05, 3.63) is 35.4 Å². The highest BCUT2D eigenvalue weighted by molar-refractivity contribution is 5.26. The molecule has 0 aliphatic carbocycles. The molecule has 90 valence electrons. The minimum atomic E-state index is -4.85. The first-order valence-electron chi connectivity index (χ1n) is 4.86. The Morgan fingerprint density at radius 3 is 2.44 bits per heavy atom. The second-order valence-corrected chi connectivity index (χ2v) is 3.83. The zero-order valence-electron chi connectivity index (χ0n) is 8.76. The maximum Gasteiger partial charge on any atom is 0.423 e. The molecule has 0 heterocycles. The lowest BCUT2D eigenvalue weighted by Crippen LogP contribution is -2.19. The van der Waals surface area contributed by atoms with Gasteiger partial charge in [-0.15, -0.1) is 0 Å². The average molecular weight is 235 g/mol. The van der Waals surface area contributed by atoms with Crippen molar-refractivity contribution >= 4 is 0 Å². The van der Waals surface area contributed by atoms with Crippen molar-refractivity contribution in [2.24, 2.45) is 5.73 Å². The molecule has 2 N–H and O–H groups in total. The van der Waals surface area contributed by atoms with Gasteiger partial charge in [-0.05, 0) is 24.5 Å². The van der Waals surface area contributed by atoms with Crippen molar-refractivity contribution in [2.45, 2.75) is 31.7 Å². The molecule has 16 heavy (non-hydrogen) atoms. The number of alkyl halides is 4. The second kappa shape index (κ2) is 4.82. The quantitative estimate of drug-likeness (QED) is 0.800. The van der Waals surface area contributed by atoms with E-state index in [9.17, 15) is 17.6 Å². The standard InChI is InChI=1S/C11H13F4N/c1-7(16)5-8-3-2-4-9(6-8)10(12)11(13,14)15/h2-4,6-7,10H,5,16H2,1H3. The second-order valence-electron chi connectivity index (χ2n) is 3.83. The summed E-state index contributed by atoms with van der Waals surface area (Å²) in [7, 11) is 0. The maximum absolute atomic E-state index is 13.0. The van der Waals surface area contributed by atoms with Gasteiger partial charge in [0.2, 0.25) is 6.17 Å². The summed E-state index contributed by atoms with van der Waals surface area (Å²) in [5.74, 6) is 0. The zero-order valence-corrected chi connectivity index (χ0v) is 8.76. The van der Waals surface area contributed by atoms with Gasteiger partial charge in [0.1, 0.15) is 0 Å². The summed E-state index contributed by atoms with van der Waals surface area (Å²) in [6.07, 6.45) is -7.36. The smallest absolute Gasteiger partial charge is 0.328 e. The third-order valence-corrected chi connectivity index (χ3v) is 2.09. The molecule has 0 spiro atoms. The van der Waals surface area contributed by atoms with E-state index in [1.54, 1.807) is 13.0 Å². The third-order valence-electron chi connectivity index (χ3n) is 2.09. The fourth-order valence-electron chi connectivity index (χ4n) is 1.44. The highest BCUT2D eigenvalue weighted by Gasteiger charge is 2.41. The Bertz CT molecular complexity index is 346. The molecule has 2 unspecified atom stereocenters. The Hall–Kier alpha value is -1.10. The van der Waals surface area contributed by atoms with E-state index in [0.29, 0.717) is 12.0 Å². The predicted molar refractivity (Wildman–Crippen MR) is 53.7 cm³/mol. The molecule has 0 aliphatic heterocycles. The Balaban J connectivity index is 2.90. The van der Waals surface area contributed by atoms with E-state index in [4.69, 9.17) is 5.73 Å². The van der Waals surface area contributed by atoms with Gasteiger partial charge in [0.05, 0.1) is 0 Å². The van der Waals surface area contributed by atoms with Crippen LogP contribution in [0.15, 0.2) is 24.3 Å². The maximum atomic E-state index is 13.0. The summed E-state index contributed by atoms with van der Waals surface area (Å²) in [5.41, 5.74) is 5.76. The molecule has 0 aliphatic rings. The molecule has 1 nitrogen and oxygen atoms in total. The summed E-state index contributed by atoms with van der Waals surface area (Å²) in [6.45, 7) is 1.74. The lowest BCUT2D eigenvalue weighted by Gasteiger charge is -2.14. The fourth-order valence-corrected chi connectivity index (χ4v) is 1.44. The van der Waals surface area contributed by atoms with Crippen LogP contribution >= 0.6 is 0 Å². The van der Waals surface area contributed by atoms with Crippen LogP contribution in [0.4, 0.5) is 17.6 Å². The SMILES string of the molecule is CC(N)Cc1cccc(C(F)C(F)(F)F)c1. The first-order valence-corrected chi connectivity index (χ1v) is 4.86. The normalized spacial score (nSPS) is 15.9. The van der Waals surface area contributed by atoms with Crippen molar-refractivity contribution in [1.29, 1.82) is 0 Å². The molecule has 0 saturated heterocycles. The van der Waals surface area contributed by atoms with Gasteiger partial charge in [0, 0.05) is 6.04 Å². The zero-order chi connectivity index (χ0) is 12.3. The van der Waals surface area contributed by atoms with Gasteiger partial charge in [-0.2, -0.15) is 13.2 Å². The number of halogens is 4. The number of rotatable bonds is 3. The van der Waals surface area contributed by atoms with Crippen LogP contribution in [-0.2, 0) is 6.42 Å². The molecule has 0 saturated carbocycles. The Labute approximate surface area is 91.3 Å². The summed E-state index contributed by atoms with van der Waals surface area (Å²) < 4.78 is 49.4. The number of hydrogen-bond acceptors (Lipinski definition) is 1. The molecule has 1 aromatic carbocycles. The molecular weight excluding hydrogens is 222 g/mol. The van der Waals surface area contributed by atoms with Gasteiger partial charge >= 0.3 is 6.18 Å². The number of nitrogens with two attached hydrogens (primary N) is 1. The predicted octanol–water partition coefficient (Wildman–Crippen LogP) is 3.15. The van der Waals surface area contributed by atoms with Crippen LogP contribution in [-0.4, -0.2) is 12.2 Å². The van der Waals surface area contributed by atoms with Crippen molar-refractivity contribution in [3.8, 4) is 0 Å². The Morgan fingerprint density at radius 2 is 1.94 bits per heavy atom. The highest BCUT2D eigenvalue weighted by atomic mass is 19.4. The van der Waals surface area contributed by atoms with Crippen LogP contribution in [0.5, 0.6) is 0 Å². The number of benzene rings is 1. The van der Waals surface area contributed by atoms with Crippen LogP contribution in [0, 0.1) is 0 Å². The Morgan fingerprint density at radius 1 is 1.31 bits per heavy atom. The van der Waals surface area contributed by atoms with E-state index in [1.165, 1.54) is 12.1 Å². The summed E-state index contributed by atoms with van der Waals surface area (Å²) >= 11 is 0. The van der Waals surface area contributed by atoms with E-state index in [1.807, 2.05) is 0 Å².